The van der Waals surface area contributed by atoms with Crippen molar-refractivity contribution in [1.82, 2.24) is 9.88 Å². The Morgan fingerprint density at radius 1 is 0.929 bits per heavy atom. The molecular weight excluding hydrogens is 366 g/mol. The summed E-state index contributed by atoms with van der Waals surface area (Å²) < 4.78 is 0. The Bertz CT molecular complexity index is 931. The largest absolute Gasteiger partial charge is 0.299 e. The van der Waals surface area contributed by atoms with Crippen LogP contribution in [0.1, 0.15) is 24.1 Å². The van der Waals surface area contributed by atoms with Crippen molar-refractivity contribution in [2.24, 2.45) is 4.99 Å². The molecule has 3 aromatic rings. The number of pyridine rings is 1. The molecule has 4 rings (SSSR count). The number of nitrogens with zero attached hydrogens (tertiary/aromatic N) is 3. The molecule has 4 heteroatoms. The minimum absolute atomic E-state index is 0.386. The van der Waals surface area contributed by atoms with E-state index < -0.39 is 0 Å². The average molecular weight is 390 g/mol. The van der Waals surface area contributed by atoms with Gasteiger partial charge in [0.05, 0.1) is 11.7 Å². The van der Waals surface area contributed by atoms with Crippen LogP contribution in [0.3, 0.4) is 0 Å². The third-order valence-corrected chi connectivity index (χ3v) is 5.57. The third-order valence-electron chi connectivity index (χ3n) is 5.24. The number of aliphatic imine (C=N–C) groups is 1. The first kappa shape index (κ1) is 18.9. The van der Waals surface area contributed by atoms with Crippen LogP contribution in [0.15, 0.2) is 77.9 Å². The molecule has 2 aromatic carbocycles. The minimum atomic E-state index is 0.386. The second kappa shape index (κ2) is 9.13. The normalized spacial score (nSPS) is 15.9. The fourth-order valence-corrected chi connectivity index (χ4v) is 3.94. The summed E-state index contributed by atoms with van der Waals surface area (Å²) in [5, 5.41) is 0.803. The second-order valence-corrected chi connectivity index (χ2v) is 7.58. The summed E-state index contributed by atoms with van der Waals surface area (Å²) in [4.78, 5) is 11.6. The summed E-state index contributed by atoms with van der Waals surface area (Å²) in [6.45, 7) is 3.06. The Morgan fingerprint density at radius 3 is 2.39 bits per heavy atom. The SMILES string of the molecule is Clc1ccccc1-c1ccccc1CN1CCC(N=Cc2ccccn2)CC1. The van der Waals surface area contributed by atoms with Crippen LogP contribution in [-0.2, 0) is 6.54 Å². The van der Waals surface area contributed by atoms with Crippen molar-refractivity contribution in [2.75, 3.05) is 13.1 Å². The van der Waals surface area contributed by atoms with E-state index in [1.54, 1.807) is 6.20 Å². The summed E-state index contributed by atoms with van der Waals surface area (Å²) in [7, 11) is 0. The zero-order chi connectivity index (χ0) is 19.2. The van der Waals surface area contributed by atoms with Gasteiger partial charge in [0.1, 0.15) is 0 Å². The molecule has 1 aliphatic heterocycles. The van der Waals surface area contributed by atoms with Crippen LogP contribution in [0.5, 0.6) is 0 Å². The van der Waals surface area contributed by atoms with E-state index in [1.807, 2.05) is 42.6 Å². The van der Waals surface area contributed by atoms with Gasteiger partial charge in [-0.2, -0.15) is 0 Å². The lowest BCUT2D eigenvalue weighted by atomic mass is 9.98. The minimum Gasteiger partial charge on any atom is -0.299 e. The zero-order valence-corrected chi connectivity index (χ0v) is 16.6. The topological polar surface area (TPSA) is 28.5 Å². The van der Waals surface area contributed by atoms with Crippen molar-refractivity contribution in [3.8, 4) is 11.1 Å². The number of aromatic nitrogens is 1. The van der Waals surface area contributed by atoms with Crippen LogP contribution < -0.4 is 0 Å². The summed E-state index contributed by atoms with van der Waals surface area (Å²) >= 11 is 6.44. The third kappa shape index (κ3) is 4.67. The highest BCUT2D eigenvalue weighted by molar-refractivity contribution is 6.33. The monoisotopic (exact) mass is 389 g/mol. The van der Waals surface area contributed by atoms with Crippen LogP contribution in [0.4, 0.5) is 0 Å². The first-order valence-corrected chi connectivity index (χ1v) is 10.2. The number of piperidine rings is 1. The van der Waals surface area contributed by atoms with Crippen molar-refractivity contribution in [3.63, 3.8) is 0 Å². The van der Waals surface area contributed by atoms with Crippen molar-refractivity contribution in [2.45, 2.75) is 25.4 Å². The molecule has 0 N–H and O–H groups in total. The molecule has 1 aromatic heterocycles. The van der Waals surface area contributed by atoms with E-state index in [-0.39, 0.29) is 0 Å². The summed E-state index contributed by atoms with van der Waals surface area (Å²) in [6.07, 6.45) is 5.88. The molecule has 0 atom stereocenters. The van der Waals surface area contributed by atoms with Crippen LogP contribution >= 0.6 is 11.6 Å². The number of halogens is 1. The first-order chi connectivity index (χ1) is 13.8. The van der Waals surface area contributed by atoms with E-state index in [2.05, 4.69) is 40.2 Å². The van der Waals surface area contributed by atoms with E-state index in [1.165, 1.54) is 11.1 Å². The first-order valence-electron chi connectivity index (χ1n) is 9.79. The maximum atomic E-state index is 6.44. The molecule has 142 valence electrons. The second-order valence-electron chi connectivity index (χ2n) is 7.18. The lowest BCUT2D eigenvalue weighted by Crippen LogP contribution is -2.35. The van der Waals surface area contributed by atoms with E-state index in [0.717, 1.165) is 48.8 Å². The highest BCUT2D eigenvalue weighted by Gasteiger charge is 2.19. The van der Waals surface area contributed by atoms with Crippen molar-refractivity contribution in [3.05, 3.63) is 89.2 Å². The Kier molecular flexibility index (Phi) is 6.15. The molecule has 1 saturated heterocycles. The number of rotatable bonds is 5. The smallest absolute Gasteiger partial charge is 0.0807 e. The lowest BCUT2D eigenvalue weighted by Gasteiger charge is -2.30. The molecular formula is C24H24ClN3. The quantitative estimate of drug-likeness (QED) is 0.540. The molecule has 2 heterocycles. The Labute approximate surface area is 171 Å². The molecule has 28 heavy (non-hydrogen) atoms. The maximum Gasteiger partial charge on any atom is 0.0807 e. The van der Waals surface area contributed by atoms with Crippen molar-refractivity contribution in [1.29, 1.82) is 0 Å². The van der Waals surface area contributed by atoms with Gasteiger partial charge in [-0.25, -0.2) is 0 Å². The van der Waals surface area contributed by atoms with Gasteiger partial charge in [-0.15, -0.1) is 0 Å². The van der Waals surface area contributed by atoms with E-state index in [4.69, 9.17) is 16.6 Å². The Balaban J connectivity index is 1.39. The molecule has 0 amide bonds. The molecule has 0 spiro atoms. The number of hydrogen-bond acceptors (Lipinski definition) is 3. The standard InChI is InChI=1S/C24H24ClN3/c25-24-11-4-3-10-23(24)22-9-2-1-7-19(22)18-28-15-12-20(13-16-28)27-17-21-8-5-6-14-26-21/h1-11,14,17,20H,12-13,15-16,18H2. The van der Waals surface area contributed by atoms with Gasteiger partial charge in [-0.05, 0) is 42.2 Å². The molecule has 1 fully saturated rings. The molecule has 0 unspecified atom stereocenters. The predicted molar refractivity (Wildman–Crippen MR) is 117 cm³/mol. The molecule has 0 bridgehead atoms. The van der Waals surface area contributed by atoms with Crippen molar-refractivity contribution < 1.29 is 0 Å². The van der Waals surface area contributed by atoms with Crippen LogP contribution in [0, 0.1) is 0 Å². The van der Waals surface area contributed by atoms with Gasteiger partial charge >= 0.3 is 0 Å². The van der Waals surface area contributed by atoms with Gasteiger partial charge in [-0.3, -0.25) is 14.9 Å². The molecule has 1 aliphatic rings. The Hall–Kier alpha value is -2.49. The van der Waals surface area contributed by atoms with Gasteiger partial charge in [0.15, 0.2) is 0 Å². The van der Waals surface area contributed by atoms with E-state index in [0.29, 0.717) is 6.04 Å². The van der Waals surface area contributed by atoms with E-state index in [9.17, 15) is 0 Å². The highest BCUT2D eigenvalue weighted by atomic mass is 35.5. The van der Waals surface area contributed by atoms with Gasteiger partial charge in [0.25, 0.3) is 0 Å². The van der Waals surface area contributed by atoms with Crippen LogP contribution in [-0.4, -0.2) is 35.2 Å². The van der Waals surface area contributed by atoms with Gasteiger partial charge in [0, 0.05) is 42.6 Å². The highest BCUT2D eigenvalue weighted by Crippen LogP contribution is 2.31. The molecule has 0 radical (unpaired) electrons. The summed E-state index contributed by atoms with van der Waals surface area (Å²) in [6, 6.07) is 22.9. The number of hydrogen-bond donors (Lipinski definition) is 0. The molecule has 0 saturated carbocycles. The molecule has 0 aliphatic carbocycles. The fraction of sp³-hybridized carbons (Fsp3) is 0.250. The summed E-state index contributed by atoms with van der Waals surface area (Å²) in [5.41, 5.74) is 4.59. The van der Waals surface area contributed by atoms with Crippen LogP contribution in [0.2, 0.25) is 5.02 Å². The summed E-state index contributed by atoms with van der Waals surface area (Å²) in [5.74, 6) is 0. The number of likely N-dealkylation sites (tertiary alicyclic amines) is 1. The van der Waals surface area contributed by atoms with Crippen LogP contribution in [0.25, 0.3) is 11.1 Å². The van der Waals surface area contributed by atoms with E-state index >= 15 is 0 Å². The molecule has 3 nitrogen and oxygen atoms in total. The van der Waals surface area contributed by atoms with Gasteiger partial charge < -0.3 is 0 Å². The average Bonchev–Trinajstić information content (AvgIpc) is 2.75. The Morgan fingerprint density at radius 2 is 1.64 bits per heavy atom. The van der Waals surface area contributed by atoms with Gasteiger partial charge in [0.2, 0.25) is 0 Å². The predicted octanol–water partition coefficient (Wildman–Crippen LogP) is 5.49. The maximum absolute atomic E-state index is 6.44. The van der Waals surface area contributed by atoms with Crippen molar-refractivity contribution >= 4 is 17.8 Å². The van der Waals surface area contributed by atoms with Gasteiger partial charge in [-0.1, -0.05) is 60.1 Å². The number of benzene rings is 2. The zero-order valence-electron chi connectivity index (χ0n) is 15.8. The lowest BCUT2D eigenvalue weighted by molar-refractivity contribution is 0.207. The fourth-order valence-electron chi connectivity index (χ4n) is 3.70.